The highest BCUT2D eigenvalue weighted by atomic mass is 16.5. The van der Waals surface area contributed by atoms with Crippen LogP contribution >= 0.6 is 0 Å². The van der Waals surface area contributed by atoms with Crippen molar-refractivity contribution in [3.63, 3.8) is 0 Å². The minimum atomic E-state index is -0.651. The quantitative estimate of drug-likeness (QED) is 0.811. The highest BCUT2D eigenvalue weighted by Gasteiger charge is 2.14. The van der Waals surface area contributed by atoms with E-state index in [4.69, 9.17) is 20.1 Å². The molecule has 1 aromatic carbocycles. The normalized spacial score (nSPS) is 12.4. The van der Waals surface area contributed by atoms with Crippen molar-refractivity contribution in [2.24, 2.45) is 5.73 Å². The fraction of sp³-hybridized carbons (Fsp3) is 0.273. The van der Waals surface area contributed by atoms with Gasteiger partial charge in [-0.15, -0.1) is 0 Å². The molecule has 17 heavy (non-hydrogen) atoms. The number of rotatable bonds is 4. The van der Waals surface area contributed by atoms with E-state index in [9.17, 15) is 0 Å². The Balaban J connectivity index is 2.30. The first-order valence-corrected chi connectivity index (χ1v) is 5.09. The Morgan fingerprint density at radius 3 is 3.06 bits per heavy atom. The van der Waals surface area contributed by atoms with E-state index in [1.165, 1.54) is 0 Å². The van der Waals surface area contributed by atoms with E-state index in [0.29, 0.717) is 11.6 Å². The monoisotopic (exact) mass is 235 g/mol. The Labute approximate surface area is 98.0 Å². The number of hydrogen-bond acceptors (Lipinski definition) is 6. The van der Waals surface area contributed by atoms with Crippen LogP contribution in [0.25, 0.3) is 11.4 Å². The van der Waals surface area contributed by atoms with Crippen molar-refractivity contribution in [1.29, 1.82) is 0 Å². The molecule has 1 heterocycles. The second-order valence-corrected chi connectivity index (χ2v) is 3.48. The van der Waals surface area contributed by atoms with E-state index in [0.717, 1.165) is 5.56 Å². The lowest BCUT2D eigenvalue weighted by atomic mass is 10.2. The van der Waals surface area contributed by atoms with Gasteiger partial charge in [-0.2, -0.15) is 4.98 Å². The Bertz CT molecular complexity index is 498. The largest absolute Gasteiger partial charge is 0.497 e. The zero-order valence-corrected chi connectivity index (χ0v) is 9.33. The van der Waals surface area contributed by atoms with Crippen molar-refractivity contribution in [2.75, 3.05) is 13.7 Å². The summed E-state index contributed by atoms with van der Waals surface area (Å²) in [6, 6.07) is 6.63. The number of aliphatic hydroxyl groups excluding tert-OH is 1. The average molecular weight is 235 g/mol. The predicted molar refractivity (Wildman–Crippen MR) is 60.3 cm³/mol. The van der Waals surface area contributed by atoms with Gasteiger partial charge in [0.05, 0.1) is 13.7 Å². The fourth-order valence-corrected chi connectivity index (χ4v) is 1.34. The number of hydrogen-bond donors (Lipinski definition) is 2. The molecule has 1 unspecified atom stereocenters. The first-order valence-electron chi connectivity index (χ1n) is 5.09. The van der Waals surface area contributed by atoms with Crippen LogP contribution in [0, 0.1) is 0 Å². The standard InChI is InChI=1S/C11H13N3O3/c1-16-8-4-2-3-7(5-8)10-13-11(17-14-10)9(12)6-15/h2-5,9,15H,6,12H2,1H3. The molecule has 0 aliphatic carbocycles. The second kappa shape index (κ2) is 4.94. The van der Waals surface area contributed by atoms with Crippen molar-refractivity contribution < 1.29 is 14.4 Å². The summed E-state index contributed by atoms with van der Waals surface area (Å²) in [5.41, 5.74) is 6.34. The van der Waals surface area contributed by atoms with Gasteiger partial charge < -0.3 is 20.1 Å². The highest BCUT2D eigenvalue weighted by Crippen LogP contribution is 2.22. The van der Waals surface area contributed by atoms with Gasteiger partial charge in [-0.05, 0) is 12.1 Å². The molecule has 0 spiro atoms. The van der Waals surface area contributed by atoms with Gasteiger partial charge in [0.1, 0.15) is 11.8 Å². The summed E-state index contributed by atoms with van der Waals surface area (Å²) in [6.45, 7) is -0.236. The molecule has 0 saturated heterocycles. The maximum absolute atomic E-state index is 8.88. The van der Waals surface area contributed by atoms with Gasteiger partial charge in [-0.1, -0.05) is 17.3 Å². The van der Waals surface area contributed by atoms with Crippen molar-refractivity contribution in [1.82, 2.24) is 10.1 Å². The lowest BCUT2D eigenvalue weighted by Crippen LogP contribution is -2.14. The molecule has 0 radical (unpaired) electrons. The number of ether oxygens (including phenoxy) is 1. The maximum Gasteiger partial charge on any atom is 0.246 e. The fourth-order valence-electron chi connectivity index (χ4n) is 1.34. The molecule has 0 aliphatic rings. The molecule has 3 N–H and O–H groups in total. The van der Waals surface area contributed by atoms with E-state index in [-0.39, 0.29) is 12.5 Å². The van der Waals surface area contributed by atoms with Crippen LogP contribution in [0.3, 0.4) is 0 Å². The topological polar surface area (TPSA) is 94.4 Å². The van der Waals surface area contributed by atoms with E-state index < -0.39 is 6.04 Å². The lowest BCUT2D eigenvalue weighted by molar-refractivity contribution is 0.237. The summed E-state index contributed by atoms with van der Waals surface area (Å²) >= 11 is 0. The molecular weight excluding hydrogens is 222 g/mol. The third-order valence-electron chi connectivity index (χ3n) is 2.28. The third-order valence-corrected chi connectivity index (χ3v) is 2.28. The molecule has 0 aliphatic heterocycles. The summed E-state index contributed by atoms with van der Waals surface area (Å²) in [5.74, 6) is 1.34. The number of nitrogens with zero attached hydrogens (tertiary/aromatic N) is 2. The first kappa shape index (κ1) is 11.6. The number of methoxy groups -OCH3 is 1. The summed E-state index contributed by atoms with van der Waals surface area (Å²) < 4.78 is 10.1. The Kier molecular flexibility index (Phi) is 3.36. The average Bonchev–Trinajstić information content (AvgIpc) is 2.87. The molecule has 6 heteroatoms. The van der Waals surface area contributed by atoms with Crippen LogP contribution < -0.4 is 10.5 Å². The van der Waals surface area contributed by atoms with Crippen LogP contribution in [0.1, 0.15) is 11.9 Å². The molecule has 2 aromatic rings. The van der Waals surface area contributed by atoms with Crippen molar-refractivity contribution in [3.05, 3.63) is 30.2 Å². The van der Waals surface area contributed by atoms with Gasteiger partial charge in [0.2, 0.25) is 11.7 Å². The first-order chi connectivity index (χ1) is 8.24. The molecule has 0 amide bonds. The molecule has 2 rings (SSSR count). The predicted octanol–water partition coefficient (Wildman–Crippen LogP) is 0.737. The van der Waals surface area contributed by atoms with Crippen LogP contribution in [-0.2, 0) is 0 Å². The molecule has 6 nitrogen and oxygen atoms in total. The smallest absolute Gasteiger partial charge is 0.246 e. The number of nitrogens with two attached hydrogens (primary N) is 1. The van der Waals surface area contributed by atoms with Gasteiger partial charge in [-0.25, -0.2) is 0 Å². The van der Waals surface area contributed by atoms with E-state index in [1.54, 1.807) is 13.2 Å². The molecule has 0 bridgehead atoms. The van der Waals surface area contributed by atoms with E-state index >= 15 is 0 Å². The molecule has 0 saturated carbocycles. The molecule has 90 valence electrons. The van der Waals surface area contributed by atoms with Crippen LogP contribution in [-0.4, -0.2) is 29.0 Å². The highest BCUT2D eigenvalue weighted by molar-refractivity contribution is 5.56. The minimum Gasteiger partial charge on any atom is -0.497 e. The van der Waals surface area contributed by atoms with Gasteiger partial charge >= 0.3 is 0 Å². The maximum atomic E-state index is 8.88. The van der Waals surface area contributed by atoms with Gasteiger partial charge in [0.25, 0.3) is 0 Å². The second-order valence-electron chi connectivity index (χ2n) is 3.48. The summed E-state index contributed by atoms with van der Waals surface area (Å²) in [5, 5.41) is 12.7. The van der Waals surface area contributed by atoms with Gasteiger partial charge in [-0.3, -0.25) is 0 Å². The van der Waals surface area contributed by atoms with Crippen LogP contribution in [0.5, 0.6) is 5.75 Å². The summed E-state index contributed by atoms with van der Waals surface area (Å²) in [7, 11) is 1.59. The number of aliphatic hydroxyl groups is 1. The molecule has 1 atom stereocenters. The van der Waals surface area contributed by atoms with Gasteiger partial charge in [0, 0.05) is 5.56 Å². The van der Waals surface area contributed by atoms with E-state index in [1.807, 2.05) is 18.2 Å². The Morgan fingerprint density at radius 1 is 1.53 bits per heavy atom. The molecule has 1 aromatic heterocycles. The molecule has 0 fully saturated rings. The molecular formula is C11H13N3O3. The lowest BCUT2D eigenvalue weighted by Gasteiger charge is -2.00. The number of benzene rings is 1. The SMILES string of the molecule is COc1cccc(-c2noc(C(N)CO)n2)c1. The zero-order valence-electron chi connectivity index (χ0n) is 9.33. The van der Waals surface area contributed by atoms with Crippen LogP contribution in [0.15, 0.2) is 28.8 Å². The van der Waals surface area contributed by atoms with Crippen LogP contribution in [0.2, 0.25) is 0 Å². The van der Waals surface area contributed by atoms with Crippen LogP contribution in [0.4, 0.5) is 0 Å². The third kappa shape index (κ3) is 2.43. The summed E-state index contributed by atoms with van der Waals surface area (Å²) in [6.07, 6.45) is 0. The van der Waals surface area contributed by atoms with Gasteiger partial charge in [0.15, 0.2) is 0 Å². The van der Waals surface area contributed by atoms with Crippen molar-refractivity contribution in [2.45, 2.75) is 6.04 Å². The van der Waals surface area contributed by atoms with Crippen molar-refractivity contribution in [3.8, 4) is 17.1 Å². The minimum absolute atomic E-state index is 0.213. The Hall–Kier alpha value is -1.92. The van der Waals surface area contributed by atoms with Crippen molar-refractivity contribution >= 4 is 0 Å². The van der Waals surface area contributed by atoms with E-state index in [2.05, 4.69) is 10.1 Å². The Morgan fingerprint density at radius 2 is 2.35 bits per heavy atom. The number of aromatic nitrogens is 2. The summed E-state index contributed by atoms with van der Waals surface area (Å²) in [4.78, 5) is 4.11. The zero-order chi connectivity index (χ0) is 12.3.